The first-order valence-electron chi connectivity index (χ1n) is 8.75. The van der Waals surface area contributed by atoms with Crippen molar-refractivity contribution in [3.63, 3.8) is 0 Å². The van der Waals surface area contributed by atoms with Crippen molar-refractivity contribution in [1.82, 2.24) is 14.7 Å². The van der Waals surface area contributed by atoms with Crippen LogP contribution in [0.4, 0.5) is 0 Å². The lowest BCUT2D eigenvalue weighted by Crippen LogP contribution is -2.29. The van der Waals surface area contributed by atoms with Gasteiger partial charge in [0.2, 0.25) is 0 Å². The second-order valence-corrected chi connectivity index (χ2v) is 6.40. The standard InChI is InChI=1S/C21H21N3O2/c1-26-14-13-24-12-10-20(22-24)21(25)23-11-9-17(15-23)19-8-4-6-16-5-2-3-7-18(16)19/h2-10,12H,11,13-15H2,1H3. The Bertz CT molecular complexity index is 969. The van der Waals surface area contributed by atoms with Crippen LogP contribution in [0.2, 0.25) is 0 Å². The predicted molar refractivity (Wildman–Crippen MR) is 102 cm³/mol. The Morgan fingerprint density at radius 3 is 2.88 bits per heavy atom. The molecule has 4 rings (SSSR count). The van der Waals surface area contributed by atoms with Gasteiger partial charge in [0.05, 0.1) is 13.2 Å². The Labute approximate surface area is 152 Å². The van der Waals surface area contributed by atoms with E-state index in [1.54, 1.807) is 17.9 Å². The molecule has 0 bridgehead atoms. The number of aromatic nitrogens is 2. The monoisotopic (exact) mass is 347 g/mol. The normalized spacial score (nSPS) is 14.0. The van der Waals surface area contributed by atoms with Crippen LogP contribution in [0.3, 0.4) is 0 Å². The number of benzene rings is 2. The van der Waals surface area contributed by atoms with E-state index in [-0.39, 0.29) is 5.91 Å². The molecule has 3 aromatic rings. The number of rotatable bonds is 5. The number of nitrogens with zero attached hydrogens (tertiary/aromatic N) is 3. The van der Waals surface area contributed by atoms with Crippen LogP contribution in [0, 0.1) is 0 Å². The van der Waals surface area contributed by atoms with Gasteiger partial charge in [0.15, 0.2) is 0 Å². The molecule has 26 heavy (non-hydrogen) atoms. The average molecular weight is 347 g/mol. The molecule has 0 radical (unpaired) electrons. The van der Waals surface area contributed by atoms with Crippen LogP contribution in [-0.4, -0.2) is 47.4 Å². The number of carbonyl (C=O) groups is 1. The second-order valence-electron chi connectivity index (χ2n) is 6.40. The van der Waals surface area contributed by atoms with E-state index in [4.69, 9.17) is 4.74 Å². The van der Waals surface area contributed by atoms with Crippen LogP contribution in [0.5, 0.6) is 0 Å². The fourth-order valence-corrected chi connectivity index (χ4v) is 3.36. The highest BCUT2D eigenvalue weighted by atomic mass is 16.5. The van der Waals surface area contributed by atoms with Gasteiger partial charge in [0, 0.05) is 26.4 Å². The molecular formula is C21H21N3O2. The lowest BCUT2D eigenvalue weighted by atomic mass is 9.99. The highest BCUT2D eigenvalue weighted by Crippen LogP contribution is 2.28. The van der Waals surface area contributed by atoms with Gasteiger partial charge < -0.3 is 9.64 Å². The Kier molecular flexibility index (Phi) is 4.54. The zero-order valence-corrected chi connectivity index (χ0v) is 14.8. The maximum absolute atomic E-state index is 12.8. The molecule has 0 saturated carbocycles. The number of hydrogen-bond donors (Lipinski definition) is 0. The fourth-order valence-electron chi connectivity index (χ4n) is 3.36. The van der Waals surface area contributed by atoms with Crippen LogP contribution >= 0.6 is 0 Å². The van der Waals surface area contributed by atoms with Gasteiger partial charge in [0.25, 0.3) is 5.91 Å². The first-order chi connectivity index (χ1) is 12.8. The summed E-state index contributed by atoms with van der Waals surface area (Å²) < 4.78 is 6.79. The van der Waals surface area contributed by atoms with Crippen LogP contribution < -0.4 is 0 Å². The molecule has 0 unspecified atom stereocenters. The quantitative estimate of drug-likeness (QED) is 0.712. The van der Waals surface area contributed by atoms with Crippen molar-refractivity contribution in [3.8, 4) is 0 Å². The lowest BCUT2D eigenvalue weighted by molar-refractivity contribution is 0.0794. The van der Waals surface area contributed by atoms with Crippen molar-refractivity contribution in [2.24, 2.45) is 0 Å². The van der Waals surface area contributed by atoms with Gasteiger partial charge in [-0.2, -0.15) is 5.10 Å². The van der Waals surface area contributed by atoms with E-state index >= 15 is 0 Å². The van der Waals surface area contributed by atoms with Crippen molar-refractivity contribution in [3.05, 3.63) is 72.1 Å². The minimum absolute atomic E-state index is 0.0346. The molecule has 5 heteroatoms. The third kappa shape index (κ3) is 3.13. The highest BCUT2D eigenvalue weighted by molar-refractivity contribution is 5.98. The Morgan fingerprint density at radius 1 is 1.15 bits per heavy atom. The molecule has 1 aliphatic rings. The van der Waals surface area contributed by atoms with Gasteiger partial charge in [0.1, 0.15) is 5.69 Å². The number of carbonyl (C=O) groups excluding carboxylic acids is 1. The molecule has 5 nitrogen and oxygen atoms in total. The van der Waals surface area contributed by atoms with E-state index in [9.17, 15) is 4.79 Å². The number of fused-ring (bicyclic) bond motifs is 1. The number of amides is 1. The van der Waals surface area contributed by atoms with E-state index in [0.29, 0.717) is 31.9 Å². The van der Waals surface area contributed by atoms with E-state index in [2.05, 4.69) is 47.6 Å². The summed E-state index contributed by atoms with van der Waals surface area (Å²) in [6.07, 6.45) is 3.96. The summed E-state index contributed by atoms with van der Waals surface area (Å²) >= 11 is 0. The number of hydrogen-bond acceptors (Lipinski definition) is 3. The molecule has 1 aliphatic heterocycles. The summed E-state index contributed by atoms with van der Waals surface area (Å²) in [5.41, 5.74) is 2.87. The summed E-state index contributed by atoms with van der Waals surface area (Å²) in [5.74, 6) is -0.0346. The second kappa shape index (κ2) is 7.14. The molecule has 1 aromatic heterocycles. The molecule has 2 heterocycles. The molecule has 1 amide bonds. The predicted octanol–water partition coefficient (Wildman–Crippen LogP) is 3.22. The van der Waals surface area contributed by atoms with Gasteiger partial charge in [-0.3, -0.25) is 9.48 Å². The van der Waals surface area contributed by atoms with Crippen molar-refractivity contribution < 1.29 is 9.53 Å². The lowest BCUT2D eigenvalue weighted by Gasteiger charge is -2.15. The minimum atomic E-state index is -0.0346. The zero-order valence-electron chi connectivity index (χ0n) is 14.8. The highest BCUT2D eigenvalue weighted by Gasteiger charge is 2.24. The molecule has 0 atom stereocenters. The molecule has 0 N–H and O–H groups in total. The third-order valence-corrected chi connectivity index (χ3v) is 4.73. The number of ether oxygens (including phenoxy) is 1. The van der Waals surface area contributed by atoms with Crippen LogP contribution in [0.1, 0.15) is 16.1 Å². The van der Waals surface area contributed by atoms with Gasteiger partial charge in [-0.25, -0.2) is 0 Å². The number of methoxy groups -OCH3 is 1. The molecule has 0 aliphatic carbocycles. The first-order valence-corrected chi connectivity index (χ1v) is 8.75. The van der Waals surface area contributed by atoms with E-state index in [1.807, 2.05) is 17.2 Å². The summed E-state index contributed by atoms with van der Waals surface area (Å²) in [6, 6.07) is 16.4. The molecule has 132 valence electrons. The maximum atomic E-state index is 12.8. The van der Waals surface area contributed by atoms with Crippen molar-refractivity contribution in [2.45, 2.75) is 6.54 Å². The van der Waals surface area contributed by atoms with E-state index in [0.717, 1.165) is 0 Å². The average Bonchev–Trinajstić information content (AvgIpc) is 3.35. The summed E-state index contributed by atoms with van der Waals surface area (Å²) in [4.78, 5) is 14.6. The van der Waals surface area contributed by atoms with Gasteiger partial charge in [-0.1, -0.05) is 48.5 Å². The van der Waals surface area contributed by atoms with Gasteiger partial charge in [-0.05, 0) is 28.0 Å². The Morgan fingerprint density at radius 2 is 2.00 bits per heavy atom. The largest absolute Gasteiger partial charge is 0.383 e. The van der Waals surface area contributed by atoms with Gasteiger partial charge in [-0.15, -0.1) is 0 Å². The minimum Gasteiger partial charge on any atom is -0.383 e. The van der Waals surface area contributed by atoms with Crippen molar-refractivity contribution >= 4 is 22.3 Å². The topological polar surface area (TPSA) is 47.4 Å². The summed E-state index contributed by atoms with van der Waals surface area (Å²) in [7, 11) is 1.65. The van der Waals surface area contributed by atoms with E-state index < -0.39 is 0 Å². The molecule has 0 fully saturated rings. The summed E-state index contributed by atoms with van der Waals surface area (Å²) in [5, 5.41) is 6.80. The Balaban J connectivity index is 1.51. The van der Waals surface area contributed by atoms with Crippen molar-refractivity contribution in [1.29, 1.82) is 0 Å². The zero-order chi connectivity index (χ0) is 17.9. The first kappa shape index (κ1) is 16.5. The van der Waals surface area contributed by atoms with Crippen molar-refractivity contribution in [2.75, 3.05) is 26.8 Å². The van der Waals surface area contributed by atoms with Gasteiger partial charge >= 0.3 is 0 Å². The van der Waals surface area contributed by atoms with Crippen LogP contribution in [0.15, 0.2) is 60.8 Å². The van der Waals surface area contributed by atoms with E-state index in [1.165, 1.54) is 21.9 Å². The smallest absolute Gasteiger partial charge is 0.274 e. The fraction of sp³-hybridized carbons (Fsp3) is 0.238. The molecule has 0 spiro atoms. The van der Waals surface area contributed by atoms with Crippen LogP contribution in [-0.2, 0) is 11.3 Å². The molecule has 2 aromatic carbocycles. The maximum Gasteiger partial charge on any atom is 0.274 e. The van der Waals surface area contributed by atoms with Crippen LogP contribution in [0.25, 0.3) is 16.3 Å². The molecule has 0 saturated heterocycles. The summed E-state index contributed by atoms with van der Waals surface area (Å²) in [6.45, 7) is 2.44. The SMILES string of the molecule is COCCn1ccc(C(=O)N2CC=C(c3cccc4ccccc34)C2)n1. The third-order valence-electron chi connectivity index (χ3n) is 4.73. The Hall–Kier alpha value is -2.92. The molecular weight excluding hydrogens is 326 g/mol.